The smallest absolute Gasteiger partial charge is 0.194 e. The Bertz CT molecular complexity index is 286. The van der Waals surface area contributed by atoms with Crippen molar-refractivity contribution in [2.75, 3.05) is 7.05 Å². The van der Waals surface area contributed by atoms with Gasteiger partial charge in [-0.3, -0.25) is 9.79 Å². The molecule has 3 heteroatoms. The molecule has 0 spiro atoms. The average Bonchev–Trinajstić information content (AvgIpc) is 2.37. The number of hydrogen-bond acceptors (Lipinski definition) is 3. The summed E-state index contributed by atoms with van der Waals surface area (Å²) in [5, 5.41) is 0. The number of aliphatic imine (C=N–C) groups is 1. The molecule has 0 unspecified atom stereocenters. The summed E-state index contributed by atoms with van der Waals surface area (Å²) >= 11 is 0. The van der Waals surface area contributed by atoms with Crippen LogP contribution < -0.4 is 0 Å². The van der Waals surface area contributed by atoms with Gasteiger partial charge in [-0.25, -0.2) is 0 Å². The molecule has 1 aromatic rings. The van der Waals surface area contributed by atoms with Gasteiger partial charge in [-0.15, -0.1) is 0 Å². The minimum Gasteiger partial charge on any atom is -0.452 e. The fourth-order valence-corrected chi connectivity index (χ4v) is 0.739. The molecule has 0 aromatic carbocycles. The Balaban J connectivity index is 2.90. The van der Waals surface area contributed by atoms with Crippen LogP contribution in [0.1, 0.15) is 23.2 Å². The maximum atomic E-state index is 10.7. The second-order valence-electron chi connectivity index (χ2n) is 2.15. The van der Waals surface area contributed by atoms with E-state index in [0.717, 1.165) is 0 Å². The molecule has 3 nitrogen and oxygen atoms in total. The molecule has 1 heterocycles. The van der Waals surface area contributed by atoms with Gasteiger partial charge < -0.3 is 4.42 Å². The highest BCUT2D eigenvalue weighted by atomic mass is 16.3. The Morgan fingerprint density at radius 2 is 2.36 bits per heavy atom. The SMILES string of the molecule is CN=Cc1ccc(C(C)=O)o1. The van der Waals surface area contributed by atoms with Crippen molar-refractivity contribution in [2.45, 2.75) is 6.92 Å². The van der Waals surface area contributed by atoms with Crippen molar-refractivity contribution in [3.8, 4) is 0 Å². The Labute approximate surface area is 64.7 Å². The summed E-state index contributed by atoms with van der Waals surface area (Å²) in [6.45, 7) is 1.46. The Hall–Kier alpha value is -1.38. The predicted molar refractivity (Wildman–Crippen MR) is 42.2 cm³/mol. The zero-order valence-corrected chi connectivity index (χ0v) is 6.50. The van der Waals surface area contributed by atoms with E-state index in [1.54, 1.807) is 25.4 Å². The molecule has 58 valence electrons. The van der Waals surface area contributed by atoms with E-state index < -0.39 is 0 Å². The van der Waals surface area contributed by atoms with Crippen molar-refractivity contribution < 1.29 is 9.21 Å². The van der Waals surface area contributed by atoms with Crippen molar-refractivity contribution in [3.05, 3.63) is 23.7 Å². The third kappa shape index (κ3) is 1.77. The van der Waals surface area contributed by atoms with Gasteiger partial charge in [0.05, 0.1) is 6.21 Å². The standard InChI is InChI=1S/C8H9NO2/c1-6(10)8-4-3-7(11-8)5-9-2/h3-5H,1-2H3. The molecule has 0 aliphatic carbocycles. The fourth-order valence-electron chi connectivity index (χ4n) is 0.739. The van der Waals surface area contributed by atoms with Crippen LogP contribution in [0.15, 0.2) is 21.5 Å². The highest BCUT2D eigenvalue weighted by Crippen LogP contribution is 2.05. The van der Waals surface area contributed by atoms with Crippen molar-refractivity contribution in [2.24, 2.45) is 4.99 Å². The molecule has 11 heavy (non-hydrogen) atoms. The first kappa shape index (κ1) is 7.72. The molecule has 1 aromatic heterocycles. The van der Waals surface area contributed by atoms with E-state index in [1.807, 2.05) is 0 Å². The van der Waals surface area contributed by atoms with E-state index in [9.17, 15) is 4.79 Å². The predicted octanol–water partition coefficient (Wildman–Crippen LogP) is 1.53. The largest absolute Gasteiger partial charge is 0.452 e. The molecule has 0 aliphatic rings. The Kier molecular flexibility index (Phi) is 2.21. The number of hydrogen-bond donors (Lipinski definition) is 0. The molecule has 0 radical (unpaired) electrons. The van der Waals surface area contributed by atoms with Crippen LogP contribution in [0.3, 0.4) is 0 Å². The molecule has 0 bridgehead atoms. The summed E-state index contributed by atoms with van der Waals surface area (Å²) in [5.74, 6) is 0.915. The van der Waals surface area contributed by atoms with Gasteiger partial charge in [0.1, 0.15) is 5.76 Å². The molecule has 0 N–H and O–H groups in total. The number of Topliss-reactive ketones (excluding diaryl/α,β-unsaturated/α-hetero) is 1. The van der Waals surface area contributed by atoms with Crippen molar-refractivity contribution in [1.29, 1.82) is 0 Å². The molecule has 0 aliphatic heterocycles. The zero-order valence-electron chi connectivity index (χ0n) is 6.50. The topological polar surface area (TPSA) is 42.6 Å². The van der Waals surface area contributed by atoms with E-state index >= 15 is 0 Å². The minimum absolute atomic E-state index is 0.0687. The molecule has 1 rings (SSSR count). The van der Waals surface area contributed by atoms with Gasteiger partial charge in [0, 0.05) is 14.0 Å². The summed E-state index contributed by atoms with van der Waals surface area (Å²) in [6, 6.07) is 3.35. The first-order valence-corrected chi connectivity index (χ1v) is 3.27. The second-order valence-corrected chi connectivity index (χ2v) is 2.15. The van der Waals surface area contributed by atoms with Gasteiger partial charge in [0.15, 0.2) is 11.5 Å². The van der Waals surface area contributed by atoms with E-state index in [4.69, 9.17) is 4.42 Å². The number of ketones is 1. The number of nitrogens with zero attached hydrogens (tertiary/aromatic N) is 1. The lowest BCUT2D eigenvalue weighted by molar-refractivity contribution is 0.0987. The molecule has 0 saturated carbocycles. The van der Waals surface area contributed by atoms with E-state index in [-0.39, 0.29) is 5.78 Å². The van der Waals surface area contributed by atoms with E-state index in [1.165, 1.54) is 6.92 Å². The average molecular weight is 151 g/mol. The normalized spacial score (nSPS) is 10.7. The zero-order chi connectivity index (χ0) is 8.27. The number of carbonyl (C=O) groups excluding carboxylic acids is 1. The summed E-state index contributed by atoms with van der Waals surface area (Å²) in [5.41, 5.74) is 0. The second kappa shape index (κ2) is 3.14. The van der Waals surface area contributed by atoms with Crippen LogP contribution in [-0.2, 0) is 0 Å². The van der Waals surface area contributed by atoms with Gasteiger partial charge in [-0.05, 0) is 12.1 Å². The lowest BCUT2D eigenvalue weighted by Gasteiger charge is -1.84. The molecular weight excluding hydrogens is 142 g/mol. The van der Waals surface area contributed by atoms with Gasteiger partial charge in [0.25, 0.3) is 0 Å². The molecular formula is C8H9NO2. The lowest BCUT2D eigenvalue weighted by atomic mass is 10.3. The van der Waals surface area contributed by atoms with Crippen LogP contribution in [0.2, 0.25) is 0 Å². The maximum Gasteiger partial charge on any atom is 0.194 e. The van der Waals surface area contributed by atoms with Gasteiger partial charge in [-0.2, -0.15) is 0 Å². The molecule has 0 fully saturated rings. The van der Waals surface area contributed by atoms with Crippen LogP contribution in [0.25, 0.3) is 0 Å². The first-order chi connectivity index (χ1) is 5.24. The summed E-state index contributed by atoms with van der Waals surface area (Å²) in [7, 11) is 1.65. The van der Waals surface area contributed by atoms with Crippen molar-refractivity contribution in [3.63, 3.8) is 0 Å². The third-order valence-electron chi connectivity index (χ3n) is 1.23. The molecule has 0 atom stereocenters. The van der Waals surface area contributed by atoms with Gasteiger partial charge in [-0.1, -0.05) is 0 Å². The number of rotatable bonds is 2. The first-order valence-electron chi connectivity index (χ1n) is 3.27. The molecule has 0 saturated heterocycles. The van der Waals surface area contributed by atoms with Crippen LogP contribution in [0, 0.1) is 0 Å². The Morgan fingerprint density at radius 1 is 1.64 bits per heavy atom. The van der Waals surface area contributed by atoms with Crippen LogP contribution in [0.5, 0.6) is 0 Å². The maximum absolute atomic E-state index is 10.7. The monoisotopic (exact) mass is 151 g/mol. The fraction of sp³-hybridized carbons (Fsp3) is 0.250. The Morgan fingerprint density at radius 3 is 2.82 bits per heavy atom. The third-order valence-corrected chi connectivity index (χ3v) is 1.23. The number of carbonyl (C=O) groups is 1. The summed E-state index contributed by atoms with van der Waals surface area (Å²) in [6.07, 6.45) is 1.56. The highest BCUT2D eigenvalue weighted by Gasteiger charge is 2.03. The van der Waals surface area contributed by atoms with Crippen LogP contribution >= 0.6 is 0 Å². The van der Waals surface area contributed by atoms with Crippen molar-refractivity contribution in [1.82, 2.24) is 0 Å². The summed E-state index contributed by atoms with van der Waals surface area (Å²) in [4.78, 5) is 14.5. The van der Waals surface area contributed by atoms with Gasteiger partial charge in [0.2, 0.25) is 0 Å². The van der Waals surface area contributed by atoms with Crippen LogP contribution in [0.4, 0.5) is 0 Å². The minimum atomic E-state index is -0.0687. The number of furan rings is 1. The van der Waals surface area contributed by atoms with Crippen LogP contribution in [-0.4, -0.2) is 19.0 Å². The van der Waals surface area contributed by atoms with E-state index in [0.29, 0.717) is 11.5 Å². The van der Waals surface area contributed by atoms with E-state index in [2.05, 4.69) is 4.99 Å². The summed E-state index contributed by atoms with van der Waals surface area (Å²) < 4.78 is 5.09. The van der Waals surface area contributed by atoms with Crippen molar-refractivity contribution >= 4 is 12.0 Å². The van der Waals surface area contributed by atoms with Gasteiger partial charge >= 0.3 is 0 Å². The highest BCUT2D eigenvalue weighted by molar-refractivity contribution is 5.92. The molecule has 0 amide bonds. The lowest BCUT2D eigenvalue weighted by Crippen LogP contribution is -1.86. The quantitative estimate of drug-likeness (QED) is 0.475.